The number of rotatable bonds is 1. The first-order valence-corrected chi connectivity index (χ1v) is 4.26. The lowest BCUT2D eigenvalue weighted by Crippen LogP contribution is -2.31. The number of carbonyl (C=O) groups is 1. The molecule has 1 unspecified atom stereocenters. The molecule has 0 aromatic carbocycles. The molecule has 0 spiro atoms. The van der Waals surface area contributed by atoms with Crippen molar-refractivity contribution in [1.29, 1.82) is 0 Å². The molecule has 2 heteroatoms. The van der Waals surface area contributed by atoms with Gasteiger partial charge in [-0.05, 0) is 19.3 Å². The quantitative estimate of drug-likeness (QED) is 0.560. The second-order valence-corrected chi connectivity index (χ2v) is 3.36. The molecule has 63 valence electrons. The highest BCUT2D eigenvalue weighted by Crippen LogP contribution is 2.23. The number of nitrogens with zero attached hydrogens (tertiary/aromatic N) is 1. The lowest BCUT2D eigenvalue weighted by molar-refractivity contribution is -0.132. The van der Waals surface area contributed by atoms with Crippen molar-refractivity contribution in [3.8, 4) is 0 Å². The number of hydrogen-bond donors (Lipinski definition) is 0. The molecule has 0 aliphatic heterocycles. The smallest absolute Gasteiger partial charge is 0.225 e. The maximum Gasteiger partial charge on any atom is 0.225 e. The Morgan fingerprint density at radius 2 is 2.18 bits per heavy atom. The molecule has 1 fully saturated rings. The molecule has 0 N–H and O–H groups in total. The Morgan fingerprint density at radius 3 is 2.64 bits per heavy atom. The number of carbonyl (C=O) groups excluding carboxylic acids is 1. The highest BCUT2D eigenvalue weighted by atomic mass is 16.2. The molecule has 0 aromatic heterocycles. The third-order valence-electron chi connectivity index (χ3n) is 2.18. The van der Waals surface area contributed by atoms with Gasteiger partial charge in [-0.25, -0.2) is 0 Å². The molecule has 1 radical (unpaired) electrons. The Balaban J connectivity index is 2.39. The standard InChI is InChI=1S/C9H16NO/c1-10(2)9(11)8-6-4-3-5-7-8/h6,8H,3-5,7H2,1-2H3. The molecular formula is C9H16NO. The first kappa shape index (κ1) is 8.57. The summed E-state index contributed by atoms with van der Waals surface area (Å²) >= 11 is 0. The zero-order valence-corrected chi connectivity index (χ0v) is 7.34. The van der Waals surface area contributed by atoms with Gasteiger partial charge in [0.25, 0.3) is 0 Å². The van der Waals surface area contributed by atoms with Crippen LogP contribution in [0.2, 0.25) is 0 Å². The fourth-order valence-electron chi connectivity index (χ4n) is 1.50. The van der Waals surface area contributed by atoms with E-state index in [4.69, 9.17) is 0 Å². The highest BCUT2D eigenvalue weighted by molar-refractivity contribution is 5.79. The minimum absolute atomic E-state index is 0.207. The summed E-state index contributed by atoms with van der Waals surface area (Å²) in [6, 6.07) is 0. The van der Waals surface area contributed by atoms with E-state index in [0.29, 0.717) is 0 Å². The van der Waals surface area contributed by atoms with E-state index in [2.05, 4.69) is 6.42 Å². The fraction of sp³-hybridized carbons (Fsp3) is 0.778. The normalized spacial score (nSPS) is 19.8. The van der Waals surface area contributed by atoms with Gasteiger partial charge >= 0.3 is 0 Å². The molecule has 1 aliphatic rings. The lowest BCUT2D eigenvalue weighted by Gasteiger charge is -2.23. The number of amides is 1. The molecule has 1 amide bonds. The van der Waals surface area contributed by atoms with Gasteiger partial charge in [-0.1, -0.05) is 12.8 Å². The van der Waals surface area contributed by atoms with E-state index in [1.807, 2.05) is 14.1 Å². The summed E-state index contributed by atoms with van der Waals surface area (Å²) in [4.78, 5) is 13.1. The zero-order chi connectivity index (χ0) is 8.27. The van der Waals surface area contributed by atoms with Crippen LogP contribution in [-0.4, -0.2) is 24.9 Å². The van der Waals surface area contributed by atoms with E-state index in [-0.39, 0.29) is 11.8 Å². The van der Waals surface area contributed by atoms with Gasteiger partial charge in [0.05, 0.1) is 0 Å². The van der Waals surface area contributed by atoms with Crippen molar-refractivity contribution in [2.45, 2.75) is 25.7 Å². The lowest BCUT2D eigenvalue weighted by atomic mass is 9.88. The van der Waals surface area contributed by atoms with Crippen molar-refractivity contribution >= 4 is 5.91 Å². The molecule has 0 saturated heterocycles. The van der Waals surface area contributed by atoms with Crippen molar-refractivity contribution in [1.82, 2.24) is 4.90 Å². The van der Waals surface area contributed by atoms with Gasteiger partial charge in [-0.2, -0.15) is 0 Å². The first-order chi connectivity index (χ1) is 5.22. The summed E-state index contributed by atoms with van der Waals surface area (Å²) < 4.78 is 0. The van der Waals surface area contributed by atoms with Crippen LogP contribution in [0.5, 0.6) is 0 Å². The molecule has 11 heavy (non-hydrogen) atoms. The molecule has 1 saturated carbocycles. The van der Waals surface area contributed by atoms with Crippen LogP contribution in [0, 0.1) is 12.3 Å². The molecule has 1 atom stereocenters. The van der Waals surface area contributed by atoms with Gasteiger partial charge in [0.2, 0.25) is 5.91 Å². The molecule has 0 bridgehead atoms. The van der Waals surface area contributed by atoms with Gasteiger partial charge in [0.15, 0.2) is 0 Å². The molecule has 2 nitrogen and oxygen atoms in total. The Bertz CT molecular complexity index is 136. The Morgan fingerprint density at radius 1 is 1.45 bits per heavy atom. The van der Waals surface area contributed by atoms with Crippen LogP contribution in [0.1, 0.15) is 25.7 Å². The van der Waals surface area contributed by atoms with Gasteiger partial charge in [0, 0.05) is 20.0 Å². The average molecular weight is 154 g/mol. The van der Waals surface area contributed by atoms with Crippen LogP contribution in [-0.2, 0) is 4.79 Å². The fourth-order valence-corrected chi connectivity index (χ4v) is 1.50. The SMILES string of the molecule is CN(C)C(=O)C1[CH]CCCC1. The third kappa shape index (κ3) is 2.21. The zero-order valence-electron chi connectivity index (χ0n) is 7.34. The Hall–Kier alpha value is -0.530. The molecule has 1 rings (SSSR count). The average Bonchev–Trinajstić information content (AvgIpc) is 2.05. The summed E-state index contributed by atoms with van der Waals surface area (Å²) in [5.41, 5.74) is 0. The van der Waals surface area contributed by atoms with E-state index in [0.717, 1.165) is 12.8 Å². The van der Waals surface area contributed by atoms with Crippen molar-refractivity contribution in [2.75, 3.05) is 14.1 Å². The van der Waals surface area contributed by atoms with Crippen LogP contribution in [0.4, 0.5) is 0 Å². The monoisotopic (exact) mass is 154 g/mol. The van der Waals surface area contributed by atoms with Crippen molar-refractivity contribution in [2.24, 2.45) is 5.92 Å². The van der Waals surface area contributed by atoms with E-state index >= 15 is 0 Å². The largest absolute Gasteiger partial charge is 0.349 e. The Labute approximate surface area is 68.6 Å². The van der Waals surface area contributed by atoms with Gasteiger partial charge in [-0.3, -0.25) is 4.79 Å². The van der Waals surface area contributed by atoms with E-state index in [1.54, 1.807) is 4.90 Å². The van der Waals surface area contributed by atoms with E-state index in [1.165, 1.54) is 12.8 Å². The van der Waals surface area contributed by atoms with Crippen LogP contribution < -0.4 is 0 Å². The summed E-state index contributed by atoms with van der Waals surface area (Å²) in [6.07, 6.45) is 6.80. The van der Waals surface area contributed by atoms with Crippen LogP contribution in [0.25, 0.3) is 0 Å². The van der Waals surface area contributed by atoms with Crippen molar-refractivity contribution in [3.63, 3.8) is 0 Å². The highest BCUT2D eigenvalue weighted by Gasteiger charge is 2.22. The predicted octanol–water partition coefficient (Wildman–Crippen LogP) is 1.47. The molecule has 0 heterocycles. The Kier molecular flexibility index (Phi) is 2.92. The second-order valence-electron chi connectivity index (χ2n) is 3.36. The van der Waals surface area contributed by atoms with E-state index in [9.17, 15) is 4.79 Å². The first-order valence-electron chi connectivity index (χ1n) is 4.26. The van der Waals surface area contributed by atoms with Crippen LogP contribution in [0.15, 0.2) is 0 Å². The molecule has 1 aliphatic carbocycles. The van der Waals surface area contributed by atoms with Crippen molar-refractivity contribution in [3.05, 3.63) is 6.42 Å². The maximum absolute atomic E-state index is 11.4. The van der Waals surface area contributed by atoms with Gasteiger partial charge in [0.1, 0.15) is 0 Å². The summed E-state index contributed by atoms with van der Waals surface area (Å²) in [5.74, 6) is 0.475. The topological polar surface area (TPSA) is 20.3 Å². The summed E-state index contributed by atoms with van der Waals surface area (Å²) in [6.45, 7) is 0. The van der Waals surface area contributed by atoms with Gasteiger partial charge < -0.3 is 4.90 Å². The summed E-state index contributed by atoms with van der Waals surface area (Å²) in [7, 11) is 3.65. The third-order valence-corrected chi connectivity index (χ3v) is 2.18. The minimum atomic E-state index is 0.207. The van der Waals surface area contributed by atoms with E-state index < -0.39 is 0 Å². The van der Waals surface area contributed by atoms with Crippen LogP contribution in [0.3, 0.4) is 0 Å². The second kappa shape index (κ2) is 3.74. The van der Waals surface area contributed by atoms with Crippen molar-refractivity contribution < 1.29 is 4.79 Å². The maximum atomic E-state index is 11.4. The molecule has 0 aromatic rings. The van der Waals surface area contributed by atoms with Crippen LogP contribution >= 0.6 is 0 Å². The number of hydrogen-bond acceptors (Lipinski definition) is 1. The van der Waals surface area contributed by atoms with Gasteiger partial charge in [-0.15, -0.1) is 0 Å². The molecular weight excluding hydrogens is 138 g/mol. The predicted molar refractivity (Wildman–Crippen MR) is 45.0 cm³/mol. The summed E-state index contributed by atoms with van der Waals surface area (Å²) in [5, 5.41) is 0. The minimum Gasteiger partial charge on any atom is -0.349 e.